The first-order chi connectivity index (χ1) is 39.6. The number of carboxylic acid groups (broad SMARTS) is 1. The van der Waals surface area contributed by atoms with Crippen molar-refractivity contribution in [3.63, 3.8) is 0 Å². The van der Waals surface area contributed by atoms with Gasteiger partial charge in [0, 0.05) is 19.3 Å². The molecular formula is C69H110O12. The molecule has 1 aliphatic rings. The highest BCUT2D eigenvalue weighted by atomic mass is 16.7. The molecule has 6 atom stereocenters. The van der Waals surface area contributed by atoms with Crippen LogP contribution in [0, 0.1) is 0 Å². The Hall–Kier alpha value is -4.88. The van der Waals surface area contributed by atoms with E-state index in [1.807, 2.05) is 12.2 Å². The minimum atomic E-state index is -1.93. The number of carbonyl (C=O) groups excluding carboxylic acids is 3. The molecule has 458 valence electrons. The average molecular weight is 1130 g/mol. The first kappa shape index (κ1) is 74.1. The summed E-state index contributed by atoms with van der Waals surface area (Å²) in [6.45, 7) is 5.72. The number of hydrogen-bond acceptors (Lipinski definition) is 11. The van der Waals surface area contributed by atoms with Crippen molar-refractivity contribution in [1.82, 2.24) is 0 Å². The van der Waals surface area contributed by atoms with E-state index < -0.39 is 67.3 Å². The van der Waals surface area contributed by atoms with E-state index in [9.17, 15) is 34.5 Å². The third-order valence-corrected chi connectivity index (χ3v) is 13.5. The van der Waals surface area contributed by atoms with Gasteiger partial charge in [0.05, 0.1) is 6.61 Å². The molecule has 0 saturated carbocycles. The number of esters is 3. The highest BCUT2D eigenvalue weighted by Gasteiger charge is 2.50. The van der Waals surface area contributed by atoms with Crippen molar-refractivity contribution >= 4 is 23.9 Å². The SMILES string of the molecule is CC/C=C\C/C=C\C/C=C\C/C=C\C/C=C\CCCC(=O)OC1C(OCC(COC(=O)CCCCCCCC/C=C\C/C=C\C/C=C\C/C=C\CC)OC(=O)CCCCCCC/C=C\CCCCCCCC)OC(C(=O)O)C(O)C1O. The summed E-state index contributed by atoms with van der Waals surface area (Å²) in [6.07, 6.45) is 64.5. The molecule has 1 aliphatic heterocycles. The Morgan fingerprint density at radius 2 is 0.790 bits per heavy atom. The van der Waals surface area contributed by atoms with Crippen molar-refractivity contribution in [1.29, 1.82) is 0 Å². The molecule has 0 spiro atoms. The van der Waals surface area contributed by atoms with Gasteiger partial charge in [-0.25, -0.2) is 4.79 Å². The molecule has 0 aliphatic carbocycles. The third kappa shape index (κ3) is 45.3. The van der Waals surface area contributed by atoms with E-state index in [-0.39, 0.29) is 25.9 Å². The Morgan fingerprint density at radius 3 is 1.23 bits per heavy atom. The fourth-order valence-electron chi connectivity index (χ4n) is 8.74. The van der Waals surface area contributed by atoms with Gasteiger partial charge in [0.2, 0.25) is 0 Å². The van der Waals surface area contributed by atoms with Gasteiger partial charge in [-0.1, -0.05) is 219 Å². The maximum atomic E-state index is 13.2. The molecule has 12 heteroatoms. The quantitative estimate of drug-likeness (QED) is 0.0228. The van der Waals surface area contributed by atoms with Crippen LogP contribution in [0.25, 0.3) is 0 Å². The fraction of sp³-hybridized carbons (Fsp3) is 0.652. The molecule has 1 rings (SSSR count). The van der Waals surface area contributed by atoms with Gasteiger partial charge in [-0.05, 0) is 122 Å². The zero-order valence-corrected chi connectivity index (χ0v) is 50.5. The second kappa shape index (κ2) is 55.6. The summed E-state index contributed by atoms with van der Waals surface area (Å²) >= 11 is 0. The van der Waals surface area contributed by atoms with Crippen LogP contribution in [0.3, 0.4) is 0 Å². The van der Waals surface area contributed by atoms with E-state index in [1.165, 1.54) is 38.5 Å². The van der Waals surface area contributed by atoms with Gasteiger partial charge in [0.15, 0.2) is 24.6 Å². The second-order valence-corrected chi connectivity index (χ2v) is 20.9. The van der Waals surface area contributed by atoms with Crippen molar-refractivity contribution < 1.29 is 58.2 Å². The molecular weight excluding hydrogens is 1020 g/mol. The van der Waals surface area contributed by atoms with Crippen molar-refractivity contribution in [2.24, 2.45) is 0 Å². The first-order valence-electron chi connectivity index (χ1n) is 31.5. The molecule has 0 aromatic heterocycles. The molecule has 0 radical (unpaired) electrons. The lowest BCUT2D eigenvalue weighted by Crippen LogP contribution is -2.61. The summed E-state index contributed by atoms with van der Waals surface area (Å²) in [5.41, 5.74) is 0. The van der Waals surface area contributed by atoms with Crippen LogP contribution in [0.5, 0.6) is 0 Å². The van der Waals surface area contributed by atoms with Crippen LogP contribution in [0.4, 0.5) is 0 Å². The number of aliphatic hydroxyl groups excluding tert-OH is 2. The number of carbonyl (C=O) groups is 4. The largest absolute Gasteiger partial charge is 0.479 e. The van der Waals surface area contributed by atoms with Crippen LogP contribution >= 0.6 is 0 Å². The van der Waals surface area contributed by atoms with Crippen LogP contribution in [0.15, 0.2) is 122 Å². The number of aliphatic carboxylic acids is 1. The number of allylic oxidation sites excluding steroid dienone is 20. The lowest BCUT2D eigenvalue weighted by molar-refractivity contribution is -0.301. The minimum Gasteiger partial charge on any atom is -0.479 e. The maximum absolute atomic E-state index is 13.2. The van der Waals surface area contributed by atoms with Crippen molar-refractivity contribution in [3.8, 4) is 0 Å². The lowest BCUT2D eigenvalue weighted by atomic mass is 9.98. The number of unbranched alkanes of at least 4 members (excludes halogenated alkanes) is 18. The van der Waals surface area contributed by atoms with Crippen LogP contribution in [0.1, 0.15) is 239 Å². The molecule has 0 amide bonds. The van der Waals surface area contributed by atoms with E-state index in [4.69, 9.17) is 23.7 Å². The number of carboxylic acids is 1. The van der Waals surface area contributed by atoms with Gasteiger partial charge in [0.25, 0.3) is 0 Å². The molecule has 1 saturated heterocycles. The standard InChI is InChI=1S/C69H110O12/c1-4-7-10-13-16-19-22-25-28-30-31-33-35-37-40-43-46-49-52-55-61(70)77-58-60(79-62(71)56-53-50-47-44-41-38-34-27-24-21-18-15-12-9-6-3)59-78-69-67(65(74)64(73)66(81-69)68(75)76)80-63(72)57-54-51-48-45-42-39-36-32-29-26-23-20-17-14-11-8-5-2/h7-8,10-11,16-17,19-20,25-29,31,33-34,36,39,45,48,60,64-67,69,73-74H,4-6,9,12-15,18,21-24,30,32,35,37-38,40-44,46-47,49-59H2,1-3H3,(H,75,76)/b10-7-,11-8-,19-16-,20-17-,28-25-,29-26-,33-31-,34-27-,39-36-,48-45-. The van der Waals surface area contributed by atoms with Gasteiger partial charge in [-0.15, -0.1) is 0 Å². The molecule has 0 aromatic rings. The van der Waals surface area contributed by atoms with Crippen molar-refractivity contribution in [2.45, 2.75) is 276 Å². The van der Waals surface area contributed by atoms with Crippen molar-refractivity contribution in [3.05, 3.63) is 122 Å². The maximum Gasteiger partial charge on any atom is 0.335 e. The van der Waals surface area contributed by atoms with Gasteiger partial charge >= 0.3 is 23.9 Å². The van der Waals surface area contributed by atoms with Crippen LogP contribution in [-0.2, 0) is 42.9 Å². The second-order valence-electron chi connectivity index (χ2n) is 20.9. The predicted molar refractivity (Wildman–Crippen MR) is 330 cm³/mol. The van der Waals surface area contributed by atoms with Crippen molar-refractivity contribution in [2.75, 3.05) is 13.2 Å². The van der Waals surface area contributed by atoms with E-state index >= 15 is 0 Å². The summed E-state index contributed by atoms with van der Waals surface area (Å²) < 4.78 is 28.4. The van der Waals surface area contributed by atoms with E-state index in [2.05, 4.69) is 130 Å². The highest BCUT2D eigenvalue weighted by molar-refractivity contribution is 5.74. The fourth-order valence-corrected chi connectivity index (χ4v) is 8.74. The van der Waals surface area contributed by atoms with Crippen LogP contribution in [0.2, 0.25) is 0 Å². The molecule has 0 aromatic carbocycles. The molecule has 0 bridgehead atoms. The number of rotatable bonds is 52. The highest BCUT2D eigenvalue weighted by Crippen LogP contribution is 2.26. The van der Waals surface area contributed by atoms with Crippen LogP contribution in [-0.4, -0.2) is 89.2 Å². The Labute approximate surface area is 490 Å². The van der Waals surface area contributed by atoms with E-state index in [0.717, 1.165) is 135 Å². The smallest absolute Gasteiger partial charge is 0.335 e. The topological polar surface area (TPSA) is 175 Å². The summed E-state index contributed by atoms with van der Waals surface area (Å²) in [4.78, 5) is 51.3. The molecule has 1 fully saturated rings. The van der Waals surface area contributed by atoms with E-state index in [1.54, 1.807) is 0 Å². The predicted octanol–water partition coefficient (Wildman–Crippen LogP) is 16.8. The minimum absolute atomic E-state index is 0.0259. The molecule has 12 nitrogen and oxygen atoms in total. The Balaban J connectivity index is 2.72. The third-order valence-electron chi connectivity index (χ3n) is 13.5. The Bertz CT molecular complexity index is 1870. The molecule has 1 heterocycles. The van der Waals surface area contributed by atoms with Gasteiger partial charge in [-0.3, -0.25) is 14.4 Å². The van der Waals surface area contributed by atoms with E-state index in [0.29, 0.717) is 25.7 Å². The lowest BCUT2D eigenvalue weighted by Gasteiger charge is -2.40. The number of ether oxygens (including phenoxy) is 5. The number of aliphatic hydroxyl groups is 2. The molecule has 3 N–H and O–H groups in total. The summed E-state index contributed by atoms with van der Waals surface area (Å²) in [5, 5.41) is 31.5. The van der Waals surface area contributed by atoms with Crippen LogP contribution < -0.4 is 0 Å². The molecule has 6 unspecified atom stereocenters. The molecule has 81 heavy (non-hydrogen) atoms. The monoisotopic (exact) mass is 1130 g/mol. The number of hydrogen-bond donors (Lipinski definition) is 3. The average Bonchev–Trinajstić information content (AvgIpc) is 3.53. The Morgan fingerprint density at radius 1 is 0.420 bits per heavy atom. The van der Waals surface area contributed by atoms with Gasteiger partial charge in [0.1, 0.15) is 18.8 Å². The zero-order chi connectivity index (χ0) is 58.9. The summed E-state index contributed by atoms with van der Waals surface area (Å²) in [6, 6.07) is 0. The Kier molecular flexibility index (Phi) is 50.9. The summed E-state index contributed by atoms with van der Waals surface area (Å²) in [5.74, 6) is -3.24. The van der Waals surface area contributed by atoms with Gasteiger partial charge in [-0.2, -0.15) is 0 Å². The van der Waals surface area contributed by atoms with Gasteiger partial charge < -0.3 is 39.0 Å². The zero-order valence-electron chi connectivity index (χ0n) is 50.5. The normalized spacial score (nSPS) is 18.6. The summed E-state index contributed by atoms with van der Waals surface area (Å²) in [7, 11) is 0. The first-order valence-corrected chi connectivity index (χ1v) is 31.5.